The number of carbonyl (C=O) groups is 1. The minimum atomic E-state index is -1.58. The predicted molar refractivity (Wildman–Crippen MR) is 212 cm³/mol. The fraction of sp³-hybridized carbons (Fsp3) is 0.744. The number of hydrogen-bond acceptors (Lipinski definition) is 8. The summed E-state index contributed by atoms with van der Waals surface area (Å²) >= 11 is 0. The van der Waals surface area contributed by atoms with Crippen molar-refractivity contribution < 1.29 is 39.8 Å². The van der Waals surface area contributed by atoms with Gasteiger partial charge >= 0.3 is 0 Å². The first kappa shape index (κ1) is 47.9. The standard InChI is InChI=1S/C43H75NO8/c1-3-5-7-9-11-13-15-17-19-21-23-25-27-29-31-33-39(47)44-36(35-51-43-42(50)41(49)40(48)38(34-45)52-43)37(46)32-30-28-26-24-22-20-18-16-14-12-10-8-6-4-2/h5,7,11,13,17,19,22,24,30,32,36-38,40-43,45-46,48-50H,3-4,6,8-10,12,14-16,18,20-21,23,25-29,31,33-35H2,1-2H3,(H,44,47)/b7-5-,13-11-,19-17-,24-22+,32-30+. The highest BCUT2D eigenvalue weighted by atomic mass is 16.7. The molecule has 52 heavy (non-hydrogen) atoms. The van der Waals surface area contributed by atoms with Crippen LogP contribution < -0.4 is 5.32 Å². The van der Waals surface area contributed by atoms with Gasteiger partial charge in [0.2, 0.25) is 5.91 Å². The summed E-state index contributed by atoms with van der Waals surface area (Å²) < 4.78 is 11.2. The van der Waals surface area contributed by atoms with E-state index in [1.807, 2.05) is 6.08 Å². The quantitative estimate of drug-likeness (QED) is 0.0305. The van der Waals surface area contributed by atoms with Gasteiger partial charge in [-0.05, 0) is 64.2 Å². The third-order valence-corrected chi connectivity index (χ3v) is 9.33. The SMILES string of the molecule is CC/C=C\C/C=C\C/C=C\CCCCCCCC(=O)NC(COC1OC(CO)C(O)C(O)C1O)C(O)/C=C/CC/C=C/CCCCCCCCCC. The molecule has 1 aliphatic rings. The molecule has 0 spiro atoms. The lowest BCUT2D eigenvalue weighted by Crippen LogP contribution is -2.60. The molecule has 0 aromatic rings. The Labute approximate surface area is 316 Å². The third-order valence-electron chi connectivity index (χ3n) is 9.33. The van der Waals surface area contributed by atoms with Gasteiger partial charge in [0.25, 0.3) is 0 Å². The van der Waals surface area contributed by atoms with Crippen LogP contribution in [0.1, 0.15) is 149 Å². The Bertz CT molecular complexity index is 994. The van der Waals surface area contributed by atoms with Gasteiger partial charge in [0, 0.05) is 6.42 Å². The minimum absolute atomic E-state index is 0.208. The van der Waals surface area contributed by atoms with E-state index in [0.717, 1.165) is 77.0 Å². The second-order valence-electron chi connectivity index (χ2n) is 14.0. The lowest BCUT2D eigenvalue weighted by atomic mass is 9.99. The summed E-state index contributed by atoms with van der Waals surface area (Å²) in [5, 5.41) is 54.0. The lowest BCUT2D eigenvalue weighted by Gasteiger charge is -2.40. The molecular weight excluding hydrogens is 658 g/mol. The number of allylic oxidation sites excluding steroid dienone is 9. The zero-order valence-electron chi connectivity index (χ0n) is 32.5. The van der Waals surface area contributed by atoms with E-state index in [-0.39, 0.29) is 12.5 Å². The number of hydrogen-bond donors (Lipinski definition) is 6. The Kier molecular flexibility index (Phi) is 30.8. The molecule has 1 heterocycles. The van der Waals surface area contributed by atoms with Crippen LogP contribution in [-0.4, -0.2) is 87.5 Å². The van der Waals surface area contributed by atoms with E-state index in [1.165, 1.54) is 51.4 Å². The molecule has 7 atom stereocenters. The largest absolute Gasteiger partial charge is 0.394 e. The number of unbranched alkanes of at least 4 members (excludes halogenated alkanes) is 14. The van der Waals surface area contributed by atoms with Crippen LogP contribution in [-0.2, 0) is 14.3 Å². The van der Waals surface area contributed by atoms with Gasteiger partial charge in [-0.1, -0.05) is 139 Å². The average molecular weight is 734 g/mol. The van der Waals surface area contributed by atoms with Crippen LogP contribution in [0.3, 0.4) is 0 Å². The van der Waals surface area contributed by atoms with Crippen molar-refractivity contribution in [2.45, 2.75) is 192 Å². The van der Waals surface area contributed by atoms with Crippen molar-refractivity contribution in [3.63, 3.8) is 0 Å². The molecule has 1 fully saturated rings. The van der Waals surface area contributed by atoms with Crippen molar-refractivity contribution in [3.8, 4) is 0 Å². The van der Waals surface area contributed by atoms with Gasteiger partial charge < -0.3 is 40.3 Å². The van der Waals surface area contributed by atoms with Gasteiger partial charge in [-0.3, -0.25) is 4.79 Å². The second kappa shape index (κ2) is 33.5. The molecule has 0 radical (unpaired) electrons. The van der Waals surface area contributed by atoms with Gasteiger partial charge in [-0.15, -0.1) is 0 Å². The van der Waals surface area contributed by atoms with Crippen LogP contribution >= 0.6 is 0 Å². The van der Waals surface area contributed by atoms with Crippen LogP contribution in [0.4, 0.5) is 0 Å². The fourth-order valence-electron chi connectivity index (χ4n) is 6.01. The molecule has 0 aromatic carbocycles. The number of rotatable bonds is 32. The maximum atomic E-state index is 12.9. The van der Waals surface area contributed by atoms with E-state index < -0.39 is 49.5 Å². The molecule has 1 amide bonds. The Morgan fingerprint density at radius 2 is 1.21 bits per heavy atom. The Morgan fingerprint density at radius 3 is 1.85 bits per heavy atom. The van der Waals surface area contributed by atoms with Crippen LogP contribution in [0, 0.1) is 0 Å². The Hall–Kier alpha value is -2.11. The summed E-state index contributed by atoms with van der Waals surface area (Å²) in [5.74, 6) is -0.208. The summed E-state index contributed by atoms with van der Waals surface area (Å²) in [6, 6.07) is -0.830. The predicted octanol–water partition coefficient (Wildman–Crippen LogP) is 7.66. The van der Waals surface area contributed by atoms with Crippen molar-refractivity contribution in [1.82, 2.24) is 5.32 Å². The molecule has 6 N–H and O–H groups in total. The minimum Gasteiger partial charge on any atom is -0.394 e. The van der Waals surface area contributed by atoms with Crippen molar-refractivity contribution >= 4 is 5.91 Å². The average Bonchev–Trinajstić information content (AvgIpc) is 3.14. The lowest BCUT2D eigenvalue weighted by molar-refractivity contribution is -0.302. The number of nitrogens with one attached hydrogen (secondary N) is 1. The highest BCUT2D eigenvalue weighted by Crippen LogP contribution is 2.22. The normalized spacial score (nSPS) is 22.5. The number of aliphatic hydroxyl groups is 5. The molecule has 7 unspecified atom stereocenters. The molecule has 9 heteroatoms. The van der Waals surface area contributed by atoms with Crippen LogP contribution in [0.2, 0.25) is 0 Å². The van der Waals surface area contributed by atoms with Crippen molar-refractivity contribution in [3.05, 3.63) is 60.8 Å². The summed E-state index contributed by atoms with van der Waals surface area (Å²) in [6.07, 6.45) is 35.4. The maximum Gasteiger partial charge on any atom is 0.220 e. The second-order valence-corrected chi connectivity index (χ2v) is 14.0. The van der Waals surface area contributed by atoms with E-state index in [9.17, 15) is 30.3 Å². The van der Waals surface area contributed by atoms with Gasteiger partial charge in [0.05, 0.1) is 25.4 Å². The van der Waals surface area contributed by atoms with Crippen molar-refractivity contribution in [2.75, 3.05) is 13.2 Å². The molecule has 300 valence electrons. The van der Waals surface area contributed by atoms with Gasteiger partial charge in [-0.2, -0.15) is 0 Å². The Balaban J connectivity index is 2.47. The zero-order chi connectivity index (χ0) is 38.1. The van der Waals surface area contributed by atoms with Gasteiger partial charge in [-0.25, -0.2) is 0 Å². The van der Waals surface area contributed by atoms with Crippen molar-refractivity contribution in [2.24, 2.45) is 0 Å². The van der Waals surface area contributed by atoms with Crippen LogP contribution in [0.15, 0.2) is 60.8 Å². The summed E-state index contributed by atoms with van der Waals surface area (Å²) in [6.45, 7) is 3.60. The fourth-order valence-corrected chi connectivity index (χ4v) is 6.01. The molecule has 9 nitrogen and oxygen atoms in total. The number of aliphatic hydroxyl groups excluding tert-OH is 5. The van der Waals surface area contributed by atoms with E-state index in [0.29, 0.717) is 6.42 Å². The highest BCUT2D eigenvalue weighted by Gasteiger charge is 2.44. The van der Waals surface area contributed by atoms with Crippen LogP contribution in [0.25, 0.3) is 0 Å². The van der Waals surface area contributed by atoms with Crippen LogP contribution in [0.5, 0.6) is 0 Å². The first-order valence-corrected chi connectivity index (χ1v) is 20.5. The number of carbonyl (C=O) groups excluding carboxylic acids is 1. The summed E-state index contributed by atoms with van der Waals surface area (Å²) in [7, 11) is 0. The van der Waals surface area contributed by atoms with E-state index in [4.69, 9.17) is 9.47 Å². The van der Waals surface area contributed by atoms with Crippen molar-refractivity contribution in [1.29, 1.82) is 0 Å². The first-order chi connectivity index (χ1) is 25.3. The molecular formula is C43H75NO8. The molecule has 1 saturated heterocycles. The van der Waals surface area contributed by atoms with E-state index >= 15 is 0 Å². The molecule has 1 aliphatic heterocycles. The molecule has 0 aliphatic carbocycles. The Morgan fingerprint density at radius 1 is 0.673 bits per heavy atom. The zero-order valence-corrected chi connectivity index (χ0v) is 32.5. The number of ether oxygens (including phenoxy) is 2. The summed E-state index contributed by atoms with van der Waals surface area (Å²) in [5.41, 5.74) is 0. The monoisotopic (exact) mass is 734 g/mol. The molecule has 0 bridgehead atoms. The smallest absolute Gasteiger partial charge is 0.220 e. The number of amides is 1. The molecule has 1 rings (SSSR count). The highest BCUT2D eigenvalue weighted by molar-refractivity contribution is 5.76. The van der Waals surface area contributed by atoms with E-state index in [1.54, 1.807) is 6.08 Å². The molecule has 0 aromatic heterocycles. The van der Waals surface area contributed by atoms with E-state index in [2.05, 4.69) is 67.8 Å². The topological polar surface area (TPSA) is 149 Å². The van der Waals surface area contributed by atoms with Gasteiger partial charge in [0.1, 0.15) is 24.4 Å². The summed E-state index contributed by atoms with van der Waals surface area (Å²) in [4.78, 5) is 12.9. The maximum absolute atomic E-state index is 12.9. The molecule has 0 saturated carbocycles. The third kappa shape index (κ3) is 24.3. The van der Waals surface area contributed by atoms with Gasteiger partial charge in [0.15, 0.2) is 6.29 Å². The first-order valence-electron chi connectivity index (χ1n) is 20.5.